The van der Waals surface area contributed by atoms with Gasteiger partial charge in [-0.2, -0.15) is 0 Å². The monoisotopic (exact) mass is 264 g/mol. The van der Waals surface area contributed by atoms with Gasteiger partial charge in [-0.15, -0.1) is 0 Å². The van der Waals surface area contributed by atoms with Crippen molar-refractivity contribution in [2.75, 3.05) is 11.4 Å². The van der Waals surface area contributed by atoms with E-state index in [2.05, 4.69) is 5.32 Å². The Morgan fingerprint density at radius 2 is 2.11 bits per heavy atom. The number of benzene rings is 1. The maximum absolute atomic E-state index is 12.3. The molecule has 1 atom stereocenters. The van der Waals surface area contributed by atoms with Crippen molar-refractivity contribution in [2.24, 2.45) is 0 Å². The van der Waals surface area contributed by atoms with Crippen LogP contribution in [0.25, 0.3) is 0 Å². The lowest BCUT2D eigenvalue weighted by molar-refractivity contribution is -0.118. The van der Waals surface area contributed by atoms with Gasteiger partial charge in [0.15, 0.2) is 0 Å². The number of hydrogen-bond donors (Lipinski definition) is 1. The number of nitrogens with zero attached hydrogens (tertiary/aromatic N) is 1. The van der Waals surface area contributed by atoms with Crippen molar-refractivity contribution in [3.63, 3.8) is 0 Å². The van der Waals surface area contributed by atoms with Crippen LogP contribution in [0.1, 0.15) is 24.8 Å². The van der Waals surface area contributed by atoms with Crippen LogP contribution in [0.3, 0.4) is 0 Å². The van der Waals surface area contributed by atoms with Crippen LogP contribution < -0.4 is 10.2 Å². The fourth-order valence-corrected chi connectivity index (χ4v) is 2.76. The average molecular weight is 265 g/mol. The van der Waals surface area contributed by atoms with Crippen LogP contribution in [-0.2, 0) is 4.79 Å². The predicted molar refractivity (Wildman–Crippen MR) is 73.1 cm³/mol. The van der Waals surface area contributed by atoms with E-state index in [0.29, 0.717) is 6.04 Å². The highest BCUT2D eigenvalue weighted by Gasteiger charge is 2.36. The topological polar surface area (TPSA) is 32.3 Å². The number of carbonyl (C=O) groups is 1. The maximum Gasteiger partial charge on any atom is 0.244 e. The summed E-state index contributed by atoms with van der Waals surface area (Å²) < 4.78 is 0. The first-order valence-corrected chi connectivity index (χ1v) is 6.86. The fraction of sp³-hybridized carbons (Fsp3) is 0.500. The standard InChI is InChI=1S/C14H17ClN2O/c1-9-8-10(15)2-5-13(9)17-7-6-12(14(17)18)16-11-3-4-11/h2,5,8,11-12,16H,3-4,6-7H2,1H3. The van der Waals surface area contributed by atoms with Crippen LogP contribution >= 0.6 is 11.6 Å². The third-order valence-corrected chi connectivity index (χ3v) is 3.90. The van der Waals surface area contributed by atoms with Crippen LogP contribution in [0.2, 0.25) is 5.02 Å². The summed E-state index contributed by atoms with van der Waals surface area (Å²) in [7, 11) is 0. The second kappa shape index (κ2) is 4.56. The second-order valence-electron chi connectivity index (χ2n) is 5.20. The number of anilines is 1. The van der Waals surface area contributed by atoms with Crippen molar-refractivity contribution in [2.45, 2.75) is 38.3 Å². The zero-order valence-electron chi connectivity index (χ0n) is 10.4. The van der Waals surface area contributed by atoms with Crippen LogP contribution in [-0.4, -0.2) is 24.5 Å². The zero-order chi connectivity index (χ0) is 12.7. The molecular weight excluding hydrogens is 248 g/mol. The average Bonchev–Trinajstić information content (AvgIpc) is 3.07. The molecule has 1 heterocycles. The number of carbonyl (C=O) groups excluding carboxylic acids is 1. The fourth-order valence-electron chi connectivity index (χ4n) is 2.53. The molecule has 4 heteroatoms. The minimum absolute atomic E-state index is 0.00702. The minimum atomic E-state index is 0.00702. The third kappa shape index (κ3) is 2.25. The molecule has 1 aliphatic carbocycles. The molecule has 1 aromatic rings. The van der Waals surface area contributed by atoms with Crippen molar-refractivity contribution >= 4 is 23.2 Å². The number of hydrogen-bond acceptors (Lipinski definition) is 2. The van der Waals surface area contributed by atoms with Gasteiger partial charge in [0.25, 0.3) is 0 Å². The predicted octanol–water partition coefficient (Wildman–Crippen LogP) is 2.51. The van der Waals surface area contributed by atoms with Crippen molar-refractivity contribution in [1.29, 1.82) is 0 Å². The summed E-state index contributed by atoms with van der Waals surface area (Å²) in [5.74, 6) is 0.201. The van der Waals surface area contributed by atoms with Gasteiger partial charge in [-0.25, -0.2) is 0 Å². The van der Waals surface area contributed by atoms with Gasteiger partial charge in [0.1, 0.15) is 0 Å². The van der Waals surface area contributed by atoms with E-state index in [1.807, 2.05) is 30.0 Å². The van der Waals surface area contributed by atoms with Gasteiger partial charge in [0.05, 0.1) is 6.04 Å². The molecule has 3 rings (SSSR count). The summed E-state index contributed by atoms with van der Waals surface area (Å²) in [4.78, 5) is 14.2. The lowest BCUT2D eigenvalue weighted by atomic mass is 10.2. The van der Waals surface area contributed by atoms with Gasteiger partial charge < -0.3 is 10.2 Å². The Hall–Kier alpha value is -1.06. The zero-order valence-corrected chi connectivity index (χ0v) is 11.2. The van der Waals surface area contributed by atoms with Crippen molar-refractivity contribution in [1.82, 2.24) is 5.32 Å². The number of aryl methyl sites for hydroxylation is 1. The van der Waals surface area contributed by atoms with E-state index in [9.17, 15) is 4.79 Å². The Morgan fingerprint density at radius 3 is 2.78 bits per heavy atom. The highest BCUT2D eigenvalue weighted by atomic mass is 35.5. The van der Waals surface area contributed by atoms with E-state index in [0.717, 1.165) is 29.2 Å². The molecule has 0 bridgehead atoms. The van der Waals surface area contributed by atoms with Crippen LogP contribution in [0.4, 0.5) is 5.69 Å². The Balaban J connectivity index is 1.78. The van der Waals surface area contributed by atoms with Crippen molar-refractivity contribution < 1.29 is 4.79 Å². The molecule has 1 saturated heterocycles. The number of halogens is 1. The molecule has 1 N–H and O–H groups in total. The van der Waals surface area contributed by atoms with Gasteiger partial charge in [-0.05, 0) is 49.9 Å². The SMILES string of the molecule is Cc1cc(Cl)ccc1N1CCC(NC2CC2)C1=O. The molecule has 1 aromatic carbocycles. The molecule has 1 saturated carbocycles. The Labute approximate surface area is 112 Å². The number of nitrogens with one attached hydrogen (secondary N) is 1. The Morgan fingerprint density at radius 1 is 1.33 bits per heavy atom. The number of rotatable bonds is 3. The molecule has 2 aliphatic rings. The molecular formula is C14H17ClN2O. The van der Waals surface area contributed by atoms with Crippen LogP contribution in [0, 0.1) is 6.92 Å². The molecule has 1 unspecified atom stereocenters. The normalized spacial score (nSPS) is 23.8. The van der Waals surface area contributed by atoms with Gasteiger partial charge in [-0.3, -0.25) is 4.79 Å². The van der Waals surface area contributed by atoms with Gasteiger partial charge in [-0.1, -0.05) is 11.6 Å². The van der Waals surface area contributed by atoms with E-state index in [4.69, 9.17) is 11.6 Å². The lowest BCUT2D eigenvalue weighted by Crippen LogP contribution is -2.39. The summed E-state index contributed by atoms with van der Waals surface area (Å²) in [5.41, 5.74) is 2.05. The summed E-state index contributed by atoms with van der Waals surface area (Å²) >= 11 is 5.95. The highest BCUT2D eigenvalue weighted by molar-refractivity contribution is 6.30. The first kappa shape index (κ1) is 12.0. The largest absolute Gasteiger partial charge is 0.311 e. The minimum Gasteiger partial charge on any atom is -0.311 e. The summed E-state index contributed by atoms with van der Waals surface area (Å²) in [6, 6.07) is 6.28. The Bertz CT molecular complexity index is 485. The molecule has 0 spiro atoms. The quantitative estimate of drug-likeness (QED) is 0.910. The second-order valence-corrected chi connectivity index (χ2v) is 5.64. The van der Waals surface area contributed by atoms with Crippen molar-refractivity contribution in [3.05, 3.63) is 28.8 Å². The molecule has 0 radical (unpaired) electrons. The van der Waals surface area contributed by atoms with Gasteiger partial charge in [0.2, 0.25) is 5.91 Å². The van der Waals surface area contributed by atoms with E-state index >= 15 is 0 Å². The third-order valence-electron chi connectivity index (χ3n) is 3.67. The lowest BCUT2D eigenvalue weighted by Gasteiger charge is -2.19. The summed E-state index contributed by atoms with van der Waals surface area (Å²) in [5, 5.41) is 4.13. The number of amides is 1. The molecule has 1 aliphatic heterocycles. The molecule has 3 nitrogen and oxygen atoms in total. The maximum atomic E-state index is 12.3. The molecule has 18 heavy (non-hydrogen) atoms. The van der Waals surface area contributed by atoms with Crippen LogP contribution in [0.5, 0.6) is 0 Å². The first-order valence-electron chi connectivity index (χ1n) is 6.49. The van der Waals surface area contributed by atoms with E-state index < -0.39 is 0 Å². The Kier molecular flexibility index (Phi) is 3.04. The van der Waals surface area contributed by atoms with E-state index in [1.165, 1.54) is 12.8 Å². The van der Waals surface area contributed by atoms with Gasteiger partial charge >= 0.3 is 0 Å². The van der Waals surface area contributed by atoms with Crippen LogP contribution in [0.15, 0.2) is 18.2 Å². The highest BCUT2D eigenvalue weighted by Crippen LogP contribution is 2.29. The van der Waals surface area contributed by atoms with E-state index in [-0.39, 0.29) is 11.9 Å². The summed E-state index contributed by atoms with van der Waals surface area (Å²) in [6.45, 7) is 2.79. The van der Waals surface area contributed by atoms with Crippen molar-refractivity contribution in [3.8, 4) is 0 Å². The molecule has 2 fully saturated rings. The molecule has 96 valence electrons. The summed E-state index contributed by atoms with van der Waals surface area (Å²) in [6.07, 6.45) is 3.32. The molecule has 1 amide bonds. The molecule has 0 aromatic heterocycles. The first-order chi connectivity index (χ1) is 8.65. The smallest absolute Gasteiger partial charge is 0.244 e. The van der Waals surface area contributed by atoms with E-state index in [1.54, 1.807) is 0 Å². The van der Waals surface area contributed by atoms with Gasteiger partial charge in [0, 0.05) is 23.3 Å².